The molecule has 1 aromatic rings. The Morgan fingerprint density at radius 3 is 2.33 bits per heavy atom. The molecule has 1 N–H and O–H groups in total. The zero-order valence-electron chi connectivity index (χ0n) is 14.5. The number of piperidine rings is 1. The average Bonchev–Trinajstić information content (AvgIpc) is 2.52. The Balaban J connectivity index is 2.33. The van der Waals surface area contributed by atoms with Crippen LogP contribution in [0.2, 0.25) is 0 Å². The topological polar surface area (TPSA) is 15.3 Å². The van der Waals surface area contributed by atoms with Crippen molar-refractivity contribution < 1.29 is 0 Å². The van der Waals surface area contributed by atoms with Gasteiger partial charge in [-0.25, -0.2) is 0 Å². The molecular weight excluding hydrogens is 256 g/mol. The zero-order valence-corrected chi connectivity index (χ0v) is 14.5. The standard InChI is InChI=1S/C19H32N2/c1-6-19(4,21-12-8-7-9-13-21)18(20-5)17-11-10-15(2)16(3)14-17/h10-11,14,18,20H,6-9,12-13H2,1-5H3. The molecule has 1 aliphatic rings. The van der Waals surface area contributed by atoms with Crippen molar-refractivity contribution in [1.82, 2.24) is 10.2 Å². The minimum atomic E-state index is 0.191. The number of nitrogens with zero attached hydrogens (tertiary/aromatic N) is 1. The van der Waals surface area contributed by atoms with Crippen molar-refractivity contribution in [2.24, 2.45) is 0 Å². The normalized spacial score (nSPS) is 21.0. The van der Waals surface area contributed by atoms with Crippen LogP contribution in [0.4, 0.5) is 0 Å². The zero-order chi connectivity index (χ0) is 15.5. The van der Waals surface area contributed by atoms with Gasteiger partial charge >= 0.3 is 0 Å². The number of aryl methyl sites for hydroxylation is 2. The number of hydrogen-bond donors (Lipinski definition) is 1. The van der Waals surface area contributed by atoms with Crippen molar-refractivity contribution in [3.8, 4) is 0 Å². The van der Waals surface area contributed by atoms with Gasteiger partial charge in [0.05, 0.1) is 6.04 Å². The number of rotatable bonds is 5. The van der Waals surface area contributed by atoms with Gasteiger partial charge in [0, 0.05) is 5.54 Å². The van der Waals surface area contributed by atoms with Gasteiger partial charge in [-0.1, -0.05) is 31.5 Å². The van der Waals surface area contributed by atoms with Gasteiger partial charge in [-0.2, -0.15) is 0 Å². The van der Waals surface area contributed by atoms with Crippen LogP contribution in [0.15, 0.2) is 18.2 Å². The van der Waals surface area contributed by atoms with Crippen LogP contribution in [-0.4, -0.2) is 30.6 Å². The van der Waals surface area contributed by atoms with Crippen molar-refractivity contribution in [1.29, 1.82) is 0 Å². The summed E-state index contributed by atoms with van der Waals surface area (Å²) in [4.78, 5) is 2.72. The highest BCUT2D eigenvalue weighted by Crippen LogP contribution is 2.36. The molecule has 0 spiro atoms. The predicted octanol–water partition coefficient (Wildman–Crippen LogP) is 4.22. The van der Waals surface area contributed by atoms with Crippen molar-refractivity contribution in [3.05, 3.63) is 34.9 Å². The van der Waals surface area contributed by atoms with E-state index in [2.05, 4.69) is 63.2 Å². The summed E-state index contributed by atoms with van der Waals surface area (Å²) >= 11 is 0. The first-order valence-electron chi connectivity index (χ1n) is 8.52. The SMILES string of the molecule is CCC(C)(C(NC)c1ccc(C)c(C)c1)N1CCCCC1. The molecule has 2 rings (SSSR count). The van der Waals surface area contributed by atoms with Gasteiger partial charge in [0.15, 0.2) is 0 Å². The van der Waals surface area contributed by atoms with E-state index in [-0.39, 0.29) is 5.54 Å². The summed E-state index contributed by atoms with van der Waals surface area (Å²) < 4.78 is 0. The Labute approximate surface area is 130 Å². The third-order valence-corrected chi connectivity index (χ3v) is 5.57. The Hall–Kier alpha value is -0.860. The third kappa shape index (κ3) is 3.32. The van der Waals surface area contributed by atoms with E-state index in [1.54, 1.807) is 0 Å². The van der Waals surface area contributed by atoms with Gasteiger partial charge < -0.3 is 5.32 Å². The highest BCUT2D eigenvalue weighted by Gasteiger charge is 2.38. The summed E-state index contributed by atoms with van der Waals surface area (Å²) in [6.45, 7) is 11.7. The molecule has 2 nitrogen and oxygen atoms in total. The second-order valence-electron chi connectivity index (χ2n) is 6.82. The minimum Gasteiger partial charge on any atom is -0.311 e. The fraction of sp³-hybridized carbons (Fsp3) is 0.684. The van der Waals surface area contributed by atoms with E-state index < -0.39 is 0 Å². The van der Waals surface area contributed by atoms with E-state index in [1.807, 2.05) is 0 Å². The Bertz CT molecular complexity index is 463. The molecule has 2 atom stereocenters. The van der Waals surface area contributed by atoms with Gasteiger partial charge in [0.2, 0.25) is 0 Å². The van der Waals surface area contributed by atoms with E-state index in [0.717, 1.165) is 0 Å². The van der Waals surface area contributed by atoms with E-state index in [4.69, 9.17) is 0 Å². The summed E-state index contributed by atoms with van der Waals surface area (Å²) in [5, 5.41) is 3.61. The first-order chi connectivity index (χ1) is 10.0. The van der Waals surface area contributed by atoms with Crippen LogP contribution in [0.5, 0.6) is 0 Å². The maximum Gasteiger partial charge on any atom is 0.0502 e. The molecular formula is C19H32N2. The number of likely N-dealkylation sites (N-methyl/N-ethyl adjacent to an activating group) is 1. The molecule has 0 radical (unpaired) electrons. The van der Waals surface area contributed by atoms with Crippen LogP contribution < -0.4 is 5.32 Å². The highest BCUT2D eigenvalue weighted by molar-refractivity contribution is 5.33. The van der Waals surface area contributed by atoms with Gasteiger partial charge in [-0.05, 0) is 76.9 Å². The number of benzene rings is 1. The van der Waals surface area contributed by atoms with Crippen LogP contribution in [0.3, 0.4) is 0 Å². The van der Waals surface area contributed by atoms with E-state index >= 15 is 0 Å². The molecule has 2 heteroatoms. The van der Waals surface area contributed by atoms with Crippen molar-refractivity contribution in [2.75, 3.05) is 20.1 Å². The van der Waals surface area contributed by atoms with E-state index in [0.29, 0.717) is 6.04 Å². The highest BCUT2D eigenvalue weighted by atomic mass is 15.2. The van der Waals surface area contributed by atoms with Crippen molar-refractivity contribution >= 4 is 0 Å². The molecule has 1 aliphatic heterocycles. The van der Waals surface area contributed by atoms with Gasteiger partial charge in [0.1, 0.15) is 0 Å². The summed E-state index contributed by atoms with van der Waals surface area (Å²) in [7, 11) is 2.11. The largest absolute Gasteiger partial charge is 0.311 e. The van der Waals surface area contributed by atoms with Crippen LogP contribution in [0.1, 0.15) is 62.3 Å². The molecule has 1 fully saturated rings. The molecule has 118 valence electrons. The first kappa shape index (κ1) is 16.5. The maximum absolute atomic E-state index is 3.61. The number of hydrogen-bond acceptors (Lipinski definition) is 2. The second-order valence-corrected chi connectivity index (χ2v) is 6.82. The molecule has 1 saturated heterocycles. The maximum atomic E-state index is 3.61. The minimum absolute atomic E-state index is 0.191. The smallest absolute Gasteiger partial charge is 0.0502 e. The molecule has 2 unspecified atom stereocenters. The van der Waals surface area contributed by atoms with Crippen LogP contribution in [0, 0.1) is 13.8 Å². The van der Waals surface area contributed by atoms with Crippen LogP contribution in [0.25, 0.3) is 0 Å². The predicted molar refractivity (Wildman–Crippen MR) is 91.8 cm³/mol. The van der Waals surface area contributed by atoms with Gasteiger partial charge in [-0.15, -0.1) is 0 Å². The molecule has 21 heavy (non-hydrogen) atoms. The quantitative estimate of drug-likeness (QED) is 0.872. The molecule has 0 amide bonds. The average molecular weight is 288 g/mol. The first-order valence-corrected chi connectivity index (χ1v) is 8.52. The Morgan fingerprint density at radius 1 is 1.14 bits per heavy atom. The van der Waals surface area contributed by atoms with Gasteiger partial charge in [-0.3, -0.25) is 4.90 Å². The number of likely N-dealkylation sites (tertiary alicyclic amines) is 1. The monoisotopic (exact) mass is 288 g/mol. The molecule has 0 saturated carbocycles. The van der Waals surface area contributed by atoms with Crippen molar-refractivity contribution in [3.63, 3.8) is 0 Å². The lowest BCUT2D eigenvalue weighted by Gasteiger charge is -2.48. The summed E-state index contributed by atoms with van der Waals surface area (Å²) in [6.07, 6.45) is 5.26. The fourth-order valence-corrected chi connectivity index (χ4v) is 3.80. The lowest BCUT2D eigenvalue weighted by Crippen LogP contribution is -2.55. The molecule has 0 aromatic heterocycles. The molecule has 1 heterocycles. The van der Waals surface area contributed by atoms with E-state index in [1.165, 1.54) is 55.5 Å². The summed E-state index contributed by atoms with van der Waals surface area (Å²) in [6, 6.07) is 7.33. The molecule has 0 aliphatic carbocycles. The Kier molecular flexibility index (Phi) is 5.45. The molecule has 1 aromatic carbocycles. The lowest BCUT2D eigenvalue weighted by atomic mass is 9.81. The van der Waals surface area contributed by atoms with Crippen LogP contribution in [-0.2, 0) is 0 Å². The summed E-state index contributed by atoms with van der Waals surface area (Å²) in [5.74, 6) is 0. The molecule has 0 bridgehead atoms. The van der Waals surface area contributed by atoms with Crippen molar-refractivity contribution in [2.45, 2.75) is 65.0 Å². The number of nitrogens with one attached hydrogen (secondary N) is 1. The van der Waals surface area contributed by atoms with Gasteiger partial charge in [0.25, 0.3) is 0 Å². The second kappa shape index (κ2) is 6.93. The van der Waals surface area contributed by atoms with Crippen LogP contribution >= 0.6 is 0 Å². The fourth-order valence-electron chi connectivity index (χ4n) is 3.80. The Morgan fingerprint density at radius 2 is 1.81 bits per heavy atom. The lowest BCUT2D eigenvalue weighted by molar-refractivity contribution is 0.0448. The van der Waals surface area contributed by atoms with E-state index in [9.17, 15) is 0 Å². The third-order valence-electron chi connectivity index (χ3n) is 5.57. The summed E-state index contributed by atoms with van der Waals surface area (Å²) in [5.41, 5.74) is 4.39.